The minimum absolute atomic E-state index is 0.127. The second-order valence-electron chi connectivity index (χ2n) is 6.84. The Morgan fingerprint density at radius 3 is 2.83 bits per heavy atom. The Bertz CT molecular complexity index is 573. The van der Waals surface area contributed by atoms with E-state index in [0.29, 0.717) is 6.61 Å². The van der Waals surface area contributed by atoms with E-state index in [1.54, 1.807) is 19.4 Å². The van der Waals surface area contributed by atoms with E-state index < -0.39 is 12.4 Å². The monoisotopic (exact) mass is 336 g/mol. The van der Waals surface area contributed by atoms with Crippen LogP contribution in [-0.4, -0.2) is 75.7 Å². The van der Waals surface area contributed by atoms with Crippen molar-refractivity contribution in [3.05, 3.63) is 18.7 Å². The molecule has 2 N–H and O–H groups in total. The van der Waals surface area contributed by atoms with Gasteiger partial charge in [0.1, 0.15) is 12.1 Å². The van der Waals surface area contributed by atoms with Gasteiger partial charge in [-0.2, -0.15) is 0 Å². The molecule has 2 bridgehead atoms. The van der Waals surface area contributed by atoms with E-state index in [2.05, 4.69) is 10.3 Å². The lowest BCUT2D eigenvalue weighted by atomic mass is 9.93. The fourth-order valence-electron chi connectivity index (χ4n) is 4.00. The number of fused-ring (bicyclic) bond motifs is 2. The van der Waals surface area contributed by atoms with E-state index in [-0.39, 0.29) is 30.1 Å². The van der Waals surface area contributed by atoms with E-state index in [1.165, 1.54) is 0 Å². The first-order valence-corrected chi connectivity index (χ1v) is 8.57. The molecule has 1 amide bonds. The Morgan fingerprint density at radius 1 is 1.38 bits per heavy atom. The number of nitrogens with zero attached hydrogens (tertiary/aromatic N) is 3. The molecule has 0 radical (unpaired) electrons. The highest BCUT2D eigenvalue weighted by Gasteiger charge is 2.51. The predicted molar refractivity (Wildman–Crippen MR) is 84.1 cm³/mol. The number of rotatable bonds is 3. The summed E-state index contributed by atoms with van der Waals surface area (Å²) in [6.45, 7) is 3.60. The highest BCUT2D eigenvalue weighted by molar-refractivity contribution is 5.73. The highest BCUT2D eigenvalue weighted by atomic mass is 16.7. The number of imidazole rings is 1. The largest absolute Gasteiger partial charge is 0.389 e. The molecule has 24 heavy (non-hydrogen) atoms. The van der Waals surface area contributed by atoms with Crippen molar-refractivity contribution in [1.29, 1.82) is 0 Å². The molecule has 3 saturated heterocycles. The third-order valence-electron chi connectivity index (χ3n) is 5.37. The maximum Gasteiger partial charge on any atom is 0.219 e. The van der Waals surface area contributed by atoms with Crippen LogP contribution in [0.4, 0.5) is 0 Å². The minimum atomic E-state index is -0.615. The molecule has 0 saturated carbocycles. The average molecular weight is 336 g/mol. The zero-order valence-corrected chi connectivity index (χ0v) is 13.7. The van der Waals surface area contributed by atoms with Gasteiger partial charge in [0.25, 0.3) is 0 Å². The maximum absolute atomic E-state index is 11.4. The number of piperidine rings is 1. The van der Waals surface area contributed by atoms with E-state index in [9.17, 15) is 9.90 Å². The Morgan fingerprint density at radius 2 is 2.17 bits per heavy atom. The van der Waals surface area contributed by atoms with Crippen molar-refractivity contribution in [2.45, 2.75) is 56.4 Å². The number of ether oxygens (including phenoxy) is 2. The van der Waals surface area contributed by atoms with Gasteiger partial charge in [-0.1, -0.05) is 0 Å². The van der Waals surface area contributed by atoms with Crippen LogP contribution >= 0.6 is 0 Å². The van der Waals surface area contributed by atoms with Crippen LogP contribution in [0.25, 0.3) is 0 Å². The molecule has 5 unspecified atom stereocenters. The molecule has 1 aromatic rings. The van der Waals surface area contributed by atoms with Gasteiger partial charge >= 0.3 is 0 Å². The molecule has 1 aromatic heterocycles. The third kappa shape index (κ3) is 2.83. The molecule has 3 aliphatic rings. The van der Waals surface area contributed by atoms with Crippen LogP contribution in [0.1, 0.15) is 25.8 Å². The van der Waals surface area contributed by atoms with Gasteiger partial charge in [0.15, 0.2) is 6.29 Å². The van der Waals surface area contributed by atoms with Crippen LogP contribution in [-0.2, 0) is 14.3 Å². The van der Waals surface area contributed by atoms with Gasteiger partial charge in [-0.25, -0.2) is 4.98 Å². The van der Waals surface area contributed by atoms with E-state index in [1.807, 2.05) is 15.7 Å². The Balaban J connectivity index is 1.44. The van der Waals surface area contributed by atoms with Crippen molar-refractivity contribution in [2.75, 3.05) is 19.7 Å². The molecule has 0 spiro atoms. The van der Waals surface area contributed by atoms with E-state index in [0.717, 1.165) is 25.9 Å². The van der Waals surface area contributed by atoms with Crippen molar-refractivity contribution in [1.82, 2.24) is 19.8 Å². The number of aromatic nitrogens is 2. The van der Waals surface area contributed by atoms with Crippen LogP contribution < -0.4 is 5.32 Å². The zero-order valence-electron chi connectivity index (χ0n) is 13.7. The number of aliphatic hydroxyl groups excluding tert-OH is 1. The maximum atomic E-state index is 11.4. The first-order chi connectivity index (χ1) is 11.6. The summed E-state index contributed by atoms with van der Waals surface area (Å²) in [6, 6.07) is -0.226. The fourth-order valence-corrected chi connectivity index (χ4v) is 4.00. The normalized spacial score (nSPS) is 36.9. The summed E-state index contributed by atoms with van der Waals surface area (Å²) in [6.07, 6.45) is 5.77. The number of hydrogen-bond acceptors (Lipinski definition) is 6. The number of hydrogen-bond donors (Lipinski definition) is 2. The molecule has 3 fully saturated rings. The van der Waals surface area contributed by atoms with Crippen molar-refractivity contribution < 1.29 is 19.4 Å². The van der Waals surface area contributed by atoms with Crippen molar-refractivity contribution in [3.8, 4) is 0 Å². The summed E-state index contributed by atoms with van der Waals surface area (Å²) in [5, 5.41) is 14.5. The van der Waals surface area contributed by atoms with Crippen LogP contribution in [0.5, 0.6) is 0 Å². The van der Waals surface area contributed by atoms with Crippen LogP contribution in [0.2, 0.25) is 0 Å². The molecule has 8 heteroatoms. The van der Waals surface area contributed by atoms with Gasteiger partial charge < -0.3 is 29.4 Å². The van der Waals surface area contributed by atoms with Gasteiger partial charge in [-0.15, -0.1) is 0 Å². The first-order valence-electron chi connectivity index (χ1n) is 8.57. The molecule has 3 aliphatic heterocycles. The molecule has 5 atom stereocenters. The lowest BCUT2D eigenvalue weighted by Crippen LogP contribution is -2.60. The minimum Gasteiger partial charge on any atom is -0.389 e. The van der Waals surface area contributed by atoms with Crippen LogP contribution in [0.3, 0.4) is 0 Å². The van der Waals surface area contributed by atoms with Crippen molar-refractivity contribution >= 4 is 5.91 Å². The molecule has 4 rings (SSSR count). The van der Waals surface area contributed by atoms with Crippen molar-refractivity contribution in [3.63, 3.8) is 0 Å². The molecular weight excluding hydrogens is 312 g/mol. The summed E-state index contributed by atoms with van der Waals surface area (Å²) < 4.78 is 13.5. The summed E-state index contributed by atoms with van der Waals surface area (Å²) in [5.41, 5.74) is 0. The zero-order chi connectivity index (χ0) is 16.7. The lowest BCUT2D eigenvalue weighted by Gasteiger charge is -2.42. The number of carbonyl (C=O) groups is 1. The Kier molecular flexibility index (Phi) is 4.29. The SMILES string of the molecule is CC(=O)N1CCC(NC2C3COC(O3)C(n3ccnc3)C2O)CC1. The molecule has 4 heterocycles. The van der Waals surface area contributed by atoms with Gasteiger partial charge in [0.05, 0.1) is 25.1 Å². The lowest BCUT2D eigenvalue weighted by molar-refractivity contribution is -0.167. The molecule has 132 valence electrons. The number of likely N-dealkylation sites (tertiary alicyclic amines) is 1. The van der Waals surface area contributed by atoms with Gasteiger partial charge in [0.2, 0.25) is 5.91 Å². The number of aliphatic hydroxyl groups is 1. The standard InChI is InChI=1S/C16H24N4O4/c1-10(21)19-5-2-11(3-6-19)18-13-12-8-23-16(24-12)14(15(13)22)20-7-4-17-9-20/h4,7,9,11-16,18,22H,2-3,5-6,8H2,1H3. The Labute approximate surface area is 140 Å². The third-order valence-corrected chi connectivity index (χ3v) is 5.37. The van der Waals surface area contributed by atoms with Gasteiger partial charge in [-0.3, -0.25) is 4.79 Å². The van der Waals surface area contributed by atoms with Crippen LogP contribution in [0, 0.1) is 0 Å². The number of amides is 1. The second-order valence-corrected chi connectivity index (χ2v) is 6.84. The molecule has 0 aromatic carbocycles. The fraction of sp³-hybridized carbons (Fsp3) is 0.750. The Hall–Kier alpha value is -1.48. The predicted octanol–water partition coefficient (Wildman–Crippen LogP) is -0.491. The topological polar surface area (TPSA) is 88.9 Å². The van der Waals surface area contributed by atoms with E-state index >= 15 is 0 Å². The number of carbonyl (C=O) groups excluding carboxylic acids is 1. The summed E-state index contributed by atoms with van der Waals surface area (Å²) in [5.74, 6) is 0.127. The van der Waals surface area contributed by atoms with Gasteiger partial charge in [0, 0.05) is 38.4 Å². The molecule has 0 aliphatic carbocycles. The van der Waals surface area contributed by atoms with Crippen molar-refractivity contribution in [2.24, 2.45) is 0 Å². The summed E-state index contributed by atoms with van der Waals surface area (Å²) in [4.78, 5) is 17.4. The number of nitrogens with one attached hydrogen (secondary N) is 1. The van der Waals surface area contributed by atoms with E-state index in [4.69, 9.17) is 9.47 Å². The smallest absolute Gasteiger partial charge is 0.219 e. The summed E-state index contributed by atoms with van der Waals surface area (Å²) in [7, 11) is 0. The molecular formula is C16H24N4O4. The van der Waals surface area contributed by atoms with Crippen LogP contribution in [0.15, 0.2) is 18.7 Å². The average Bonchev–Trinajstić information content (AvgIpc) is 3.24. The molecule has 8 nitrogen and oxygen atoms in total. The summed E-state index contributed by atoms with van der Waals surface area (Å²) >= 11 is 0. The van der Waals surface area contributed by atoms with Gasteiger partial charge in [-0.05, 0) is 12.8 Å². The highest BCUT2D eigenvalue weighted by Crippen LogP contribution is 2.36. The quantitative estimate of drug-likeness (QED) is 0.774. The second kappa shape index (κ2) is 6.44. The first kappa shape index (κ1) is 16.0.